The average molecular weight is 418 g/mol. The Bertz CT molecular complexity index is 1270. The van der Waals surface area contributed by atoms with Crippen LogP contribution in [0.2, 0.25) is 0 Å². The average Bonchev–Trinajstić information content (AvgIpc) is 3.04. The number of aromatic nitrogens is 2. The first-order valence-corrected chi connectivity index (χ1v) is 9.21. The smallest absolute Gasteiger partial charge is 0.266 e. The number of halogens is 2. The standard InChI is InChI=1S/C22H16F2N6O/c1-30-20(31)22(29-21(30)26,16-4-5-28-17(8-16)9-23)18-7-14(2-3-19(18)24)15-6-13(10-25)11-27-12-15/h2-8,11-12H,9H2,1H3,(H2,26,29). The van der Waals surface area contributed by atoms with E-state index in [0.29, 0.717) is 16.7 Å². The van der Waals surface area contributed by atoms with Gasteiger partial charge in [0.1, 0.15) is 18.6 Å². The molecular formula is C22H16F2N6O. The van der Waals surface area contributed by atoms with Gasteiger partial charge in [0.25, 0.3) is 5.91 Å². The van der Waals surface area contributed by atoms with Gasteiger partial charge >= 0.3 is 0 Å². The molecule has 3 aromatic rings. The molecule has 0 spiro atoms. The number of carbonyl (C=O) groups is 1. The summed E-state index contributed by atoms with van der Waals surface area (Å²) in [6, 6.07) is 10.7. The van der Waals surface area contributed by atoms with E-state index in [0.717, 1.165) is 4.90 Å². The molecule has 0 bridgehead atoms. The van der Waals surface area contributed by atoms with E-state index in [2.05, 4.69) is 15.0 Å². The Morgan fingerprint density at radius 1 is 1.19 bits per heavy atom. The lowest BCUT2D eigenvalue weighted by Crippen LogP contribution is -2.41. The number of pyridine rings is 2. The first-order chi connectivity index (χ1) is 14.9. The molecule has 0 aliphatic carbocycles. The van der Waals surface area contributed by atoms with Crippen molar-refractivity contribution in [2.24, 2.45) is 10.7 Å². The highest BCUT2D eigenvalue weighted by Crippen LogP contribution is 2.42. The first-order valence-electron chi connectivity index (χ1n) is 9.21. The molecule has 7 nitrogen and oxygen atoms in total. The number of alkyl halides is 1. The lowest BCUT2D eigenvalue weighted by Gasteiger charge is -2.27. The van der Waals surface area contributed by atoms with E-state index in [1.165, 1.54) is 56.0 Å². The van der Waals surface area contributed by atoms with Crippen LogP contribution < -0.4 is 5.73 Å². The number of rotatable bonds is 4. The van der Waals surface area contributed by atoms with Gasteiger partial charge in [0.05, 0.1) is 11.3 Å². The number of amides is 1. The van der Waals surface area contributed by atoms with Crippen LogP contribution in [-0.2, 0) is 17.0 Å². The molecule has 1 aliphatic rings. The second-order valence-electron chi connectivity index (χ2n) is 6.98. The zero-order valence-corrected chi connectivity index (χ0v) is 16.4. The largest absolute Gasteiger partial charge is 0.369 e. The summed E-state index contributed by atoms with van der Waals surface area (Å²) in [6.07, 6.45) is 4.27. The highest BCUT2D eigenvalue weighted by molar-refractivity contribution is 6.09. The van der Waals surface area contributed by atoms with Crippen molar-refractivity contribution in [1.82, 2.24) is 14.9 Å². The number of guanidine groups is 1. The summed E-state index contributed by atoms with van der Waals surface area (Å²) in [5, 5.41) is 9.14. The minimum absolute atomic E-state index is 0.0549. The second-order valence-corrected chi connectivity index (χ2v) is 6.98. The minimum Gasteiger partial charge on any atom is -0.369 e. The van der Waals surface area contributed by atoms with Crippen molar-refractivity contribution < 1.29 is 13.6 Å². The molecule has 2 N–H and O–H groups in total. The van der Waals surface area contributed by atoms with Crippen LogP contribution in [0.25, 0.3) is 11.1 Å². The van der Waals surface area contributed by atoms with Gasteiger partial charge in [0.2, 0.25) is 0 Å². The number of carbonyl (C=O) groups excluding carboxylic acids is 1. The number of nitrogens with zero attached hydrogens (tertiary/aromatic N) is 5. The molecule has 0 saturated carbocycles. The number of likely N-dealkylation sites (N-methyl/N-ethyl adjacent to an activating group) is 1. The minimum atomic E-state index is -1.84. The van der Waals surface area contributed by atoms with Gasteiger partial charge in [-0.3, -0.25) is 19.7 Å². The fourth-order valence-corrected chi connectivity index (χ4v) is 3.58. The second kappa shape index (κ2) is 7.57. The number of aliphatic imine (C=N–C) groups is 1. The lowest BCUT2D eigenvalue weighted by atomic mass is 9.81. The van der Waals surface area contributed by atoms with Gasteiger partial charge in [-0.1, -0.05) is 6.07 Å². The van der Waals surface area contributed by atoms with Crippen molar-refractivity contribution in [3.63, 3.8) is 0 Å². The number of hydrogen-bond donors (Lipinski definition) is 1. The van der Waals surface area contributed by atoms with Crippen molar-refractivity contribution in [2.75, 3.05) is 7.05 Å². The third-order valence-electron chi connectivity index (χ3n) is 5.17. The molecule has 2 aromatic heterocycles. The van der Waals surface area contributed by atoms with E-state index in [4.69, 9.17) is 11.0 Å². The van der Waals surface area contributed by atoms with Gasteiger partial charge in [0, 0.05) is 36.8 Å². The van der Waals surface area contributed by atoms with E-state index in [1.54, 1.807) is 6.07 Å². The molecule has 31 heavy (non-hydrogen) atoms. The Kier molecular flexibility index (Phi) is 4.91. The lowest BCUT2D eigenvalue weighted by molar-refractivity contribution is -0.129. The Labute approximate surface area is 176 Å². The van der Waals surface area contributed by atoms with E-state index in [1.807, 2.05) is 6.07 Å². The van der Waals surface area contributed by atoms with Crippen molar-refractivity contribution >= 4 is 11.9 Å². The van der Waals surface area contributed by atoms with Crippen LogP contribution in [0.5, 0.6) is 0 Å². The fraction of sp³-hybridized carbons (Fsp3) is 0.136. The summed E-state index contributed by atoms with van der Waals surface area (Å²) in [5.74, 6) is -1.37. The molecule has 154 valence electrons. The fourth-order valence-electron chi connectivity index (χ4n) is 3.58. The van der Waals surface area contributed by atoms with Crippen molar-refractivity contribution in [1.29, 1.82) is 5.26 Å². The molecule has 1 atom stereocenters. The van der Waals surface area contributed by atoms with E-state index in [-0.39, 0.29) is 22.8 Å². The molecule has 1 aromatic carbocycles. The molecular weight excluding hydrogens is 402 g/mol. The summed E-state index contributed by atoms with van der Waals surface area (Å²) < 4.78 is 28.5. The van der Waals surface area contributed by atoms with Crippen LogP contribution >= 0.6 is 0 Å². The molecule has 1 aliphatic heterocycles. The van der Waals surface area contributed by atoms with Crippen molar-refractivity contribution in [3.05, 3.63) is 83.2 Å². The topological polar surface area (TPSA) is 108 Å². The Balaban J connectivity index is 1.99. The highest BCUT2D eigenvalue weighted by atomic mass is 19.1. The maximum atomic E-state index is 15.2. The molecule has 1 unspecified atom stereocenters. The van der Waals surface area contributed by atoms with Crippen LogP contribution in [-0.4, -0.2) is 33.8 Å². The summed E-state index contributed by atoms with van der Waals surface area (Å²) in [4.78, 5) is 26.7. The van der Waals surface area contributed by atoms with Gasteiger partial charge in [0.15, 0.2) is 11.5 Å². The number of hydrogen-bond acceptors (Lipinski definition) is 6. The van der Waals surface area contributed by atoms with Gasteiger partial charge in [-0.15, -0.1) is 0 Å². The number of nitrogens with two attached hydrogens (primary N) is 1. The zero-order valence-electron chi connectivity index (χ0n) is 16.4. The van der Waals surface area contributed by atoms with E-state index >= 15 is 4.39 Å². The van der Waals surface area contributed by atoms with Gasteiger partial charge in [-0.2, -0.15) is 5.26 Å². The highest BCUT2D eigenvalue weighted by Gasteiger charge is 2.51. The van der Waals surface area contributed by atoms with Crippen LogP contribution in [0, 0.1) is 17.1 Å². The quantitative estimate of drug-likeness (QED) is 0.701. The summed E-state index contributed by atoms with van der Waals surface area (Å²) in [7, 11) is 1.43. The Morgan fingerprint density at radius 2 is 2.00 bits per heavy atom. The maximum absolute atomic E-state index is 15.2. The normalized spacial score (nSPS) is 18.1. The summed E-state index contributed by atoms with van der Waals surface area (Å²) >= 11 is 0. The molecule has 9 heteroatoms. The third-order valence-corrected chi connectivity index (χ3v) is 5.17. The number of benzene rings is 1. The molecule has 0 radical (unpaired) electrons. The summed E-state index contributed by atoms with van der Waals surface area (Å²) in [6.45, 7) is -0.859. The summed E-state index contributed by atoms with van der Waals surface area (Å²) in [5.41, 5.74) is 5.77. The van der Waals surface area contributed by atoms with Gasteiger partial charge < -0.3 is 5.73 Å². The molecule has 1 amide bonds. The van der Waals surface area contributed by atoms with Gasteiger partial charge in [-0.05, 0) is 41.5 Å². The Morgan fingerprint density at radius 3 is 2.68 bits per heavy atom. The van der Waals surface area contributed by atoms with Gasteiger partial charge in [-0.25, -0.2) is 13.8 Å². The van der Waals surface area contributed by atoms with Crippen molar-refractivity contribution in [3.8, 4) is 17.2 Å². The molecule has 3 heterocycles. The Hall–Kier alpha value is -4.19. The molecule has 0 fully saturated rings. The number of nitriles is 1. The molecule has 4 rings (SSSR count). The maximum Gasteiger partial charge on any atom is 0.266 e. The first kappa shape index (κ1) is 20.1. The predicted octanol–water partition coefficient (Wildman–Crippen LogP) is 2.65. The predicted molar refractivity (Wildman–Crippen MR) is 109 cm³/mol. The van der Waals surface area contributed by atoms with E-state index in [9.17, 15) is 9.18 Å². The SMILES string of the molecule is CN1C(=O)C(c2ccnc(CF)c2)(c2cc(-c3cncc(C#N)c3)ccc2F)N=C1N. The van der Waals surface area contributed by atoms with Crippen molar-refractivity contribution in [2.45, 2.75) is 12.2 Å². The third kappa shape index (κ3) is 3.18. The van der Waals surface area contributed by atoms with Crippen LogP contribution in [0.4, 0.5) is 8.78 Å². The zero-order chi connectivity index (χ0) is 22.2. The molecule has 0 saturated heterocycles. The van der Waals surface area contributed by atoms with Crippen LogP contribution in [0.15, 0.2) is 60.0 Å². The van der Waals surface area contributed by atoms with Crippen LogP contribution in [0.1, 0.15) is 22.4 Å². The van der Waals surface area contributed by atoms with Crippen LogP contribution in [0.3, 0.4) is 0 Å². The van der Waals surface area contributed by atoms with E-state index < -0.39 is 23.9 Å². The monoisotopic (exact) mass is 418 g/mol.